The van der Waals surface area contributed by atoms with Crippen molar-refractivity contribution in [3.05, 3.63) is 12.2 Å². The molecule has 0 aromatic rings. The molecule has 0 atom stereocenters. The maximum atomic E-state index is 9.85. The zero-order valence-corrected chi connectivity index (χ0v) is 6.61. The van der Waals surface area contributed by atoms with Gasteiger partial charge in [-0.3, -0.25) is 0 Å². The summed E-state index contributed by atoms with van der Waals surface area (Å²) in [6.45, 7) is 0. The monoisotopic (exact) mass is 178 g/mol. The average Bonchev–Trinajstić information content (AvgIpc) is 1.79. The molecule has 5 heteroatoms. The molecule has 0 saturated carbocycles. The summed E-state index contributed by atoms with van der Waals surface area (Å²) >= 11 is 5.32. The number of aliphatic hydroxyl groups excluding tert-OH is 1. The third-order valence-corrected chi connectivity index (χ3v) is 1.52. The Kier molecular flexibility index (Phi) is 4.96. The van der Waals surface area contributed by atoms with Crippen molar-refractivity contribution >= 4 is 34.3 Å². The number of hydrogen-bond donors (Lipinski definition) is 2. The van der Waals surface area contributed by atoms with E-state index in [-0.39, 0.29) is 4.38 Å². The molecule has 2 N–H and O–H groups in total. The smallest absolute Gasteiger partial charge is 0.328 e. The molecule has 0 saturated heterocycles. The van der Waals surface area contributed by atoms with Gasteiger partial charge in [0.15, 0.2) is 0 Å². The molecule has 0 aromatic carbocycles. The summed E-state index contributed by atoms with van der Waals surface area (Å²) in [6, 6.07) is 0. The number of thioether (sulfide) groups is 1. The number of thiocarbonyl (C=S) groups is 1. The molecule has 0 aliphatic carbocycles. The van der Waals surface area contributed by atoms with Crippen molar-refractivity contribution in [3.63, 3.8) is 0 Å². The highest BCUT2D eigenvalue weighted by Crippen LogP contribution is 2.00. The van der Waals surface area contributed by atoms with Crippen LogP contribution in [0.4, 0.5) is 0 Å². The SMILES string of the molecule is O=C(O)C=CCSC(O)=S. The zero-order chi connectivity index (χ0) is 7.98. The molecule has 10 heavy (non-hydrogen) atoms. The number of carboxylic acid groups (broad SMARTS) is 1. The topological polar surface area (TPSA) is 57.5 Å². The minimum absolute atomic E-state index is 0.171. The van der Waals surface area contributed by atoms with E-state index in [1.165, 1.54) is 6.08 Å². The van der Waals surface area contributed by atoms with E-state index in [1.54, 1.807) is 0 Å². The van der Waals surface area contributed by atoms with Crippen LogP contribution in [0.15, 0.2) is 12.2 Å². The number of rotatable bonds is 3. The molecular formula is C5H6O3S2. The van der Waals surface area contributed by atoms with E-state index >= 15 is 0 Å². The molecule has 0 spiro atoms. The van der Waals surface area contributed by atoms with Gasteiger partial charge in [0.1, 0.15) is 0 Å². The molecule has 0 heterocycles. The van der Waals surface area contributed by atoms with Crippen LogP contribution in [0.25, 0.3) is 0 Å². The summed E-state index contributed by atoms with van der Waals surface area (Å²) < 4.78 is -0.171. The first-order chi connectivity index (χ1) is 4.63. The van der Waals surface area contributed by atoms with Gasteiger partial charge in [-0.1, -0.05) is 17.8 Å². The Morgan fingerprint density at radius 3 is 2.60 bits per heavy atom. The fourth-order valence-corrected chi connectivity index (χ4v) is 0.807. The number of aliphatic hydroxyl groups is 1. The lowest BCUT2D eigenvalue weighted by Gasteiger charge is -1.87. The molecule has 0 radical (unpaired) electrons. The van der Waals surface area contributed by atoms with Crippen molar-refractivity contribution in [2.75, 3.05) is 5.75 Å². The molecule has 0 aliphatic rings. The Hall–Kier alpha value is -0.550. The van der Waals surface area contributed by atoms with Gasteiger partial charge >= 0.3 is 5.97 Å². The Bertz CT molecular complexity index is 164. The lowest BCUT2D eigenvalue weighted by Crippen LogP contribution is -1.88. The van der Waals surface area contributed by atoms with Crippen LogP contribution in [0.3, 0.4) is 0 Å². The Labute approximate surface area is 67.7 Å². The molecule has 0 amide bonds. The Morgan fingerprint density at radius 1 is 1.60 bits per heavy atom. The van der Waals surface area contributed by atoms with Crippen LogP contribution in [0.2, 0.25) is 0 Å². The second kappa shape index (κ2) is 5.25. The molecule has 0 rings (SSSR count). The third-order valence-electron chi connectivity index (χ3n) is 0.563. The van der Waals surface area contributed by atoms with Gasteiger partial charge in [0.25, 0.3) is 0 Å². The van der Waals surface area contributed by atoms with E-state index in [4.69, 9.17) is 10.2 Å². The number of hydrogen-bond acceptors (Lipinski definition) is 3. The van der Waals surface area contributed by atoms with Crippen LogP contribution in [0.5, 0.6) is 0 Å². The lowest BCUT2D eigenvalue weighted by atomic mass is 10.5. The van der Waals surface area contributed by atoms with Crippen LogP contribution in [-0.4, -0.2) is 26.3 Å². The second-order valence-corrected chi connectivity index (χ2v) is 2.97. The summed E-state index contributed by atoms with van der Waals surface area (Å²) in [6.07, 6.45) is 2.42. The summed E-state index contributed by atoms with van der Waals surface area (Å²) in [7, 11) is 0. The molecule has 0 fully saturated rings. The molecular weight excluding hydrogens is 172 g/mol. The fourth-order valence-electron chi connectivity index (χ4n) is 0.268. The lowest BCUT2D eigenvalue weighted by molar-refractivity contribution is -0.131. The Morgan fingerprint density at radius 2 is 2.20 bits per heavy atom. The van der Waals surface area contributed by atoms with Crippen LogP contribution >= 0.6 is 24.0 Å². The molecule has 0 unspecified atom stereocenters. The van der Waals surface area contributed by atoms with Crippen LogP contribution < -0.4 is 0 Å². The van der Waals surface area contributed by atoms with Gasteiger partial charge in [0.2, 0.25) is 4.38 Å². The second-order valence-electron chi connectivity index (χ2n) is 1.32. The van der Waals surface area contributed by atoms with Crippen molar-refractivity contribution in [1.82, 2.24) is 0 Å². The summed E-state index contributed by atoms with van der Waals surface area (Å²) in [5.74, 6) is -0.605. The minimum atomic E-state index is -0.996. The van der Waals surface area contributed by atoms with Gasteiger partial charge in [-0.25, -0.2) is 4.79 Å². The van der Waals surface area contributed by atoms with E-state index in [0.29, 0.717) is 5.75 Å². The predicted molar refractivity (Wildman–Crippen MR) is 44.5 cm³/mol. The van der Waals surface area contributed by atoms with Crippen LogP contribution in [0.1, 0.15) is 0 Å². The van der Waals surface area contributed by atoms with Crippen LogP contribution in [0, 0.1) is 0 Å². The molecule has 0 bridgehead atoms. The van der Waals surface area contributed by atoms with Crippen molar-refractivity contribution in [1.29, 1.82) is 0 Å². The third kappa shape index (κ3) is 7.45. The van der Waals surface area contributed by atoms with E-state index in [0.717, 1.165) is 17.8 Å². The van der Waals surface area contributed by atoms with E-state index in [9.17, 15) is 4.79 Å². The van der Waals surface area contributed by atoms with Gasteiger partial charge in [0, 0.05) is 11.8 Å². The van der Waals surface area contributed by atoms with Gasteiger partial charge in [-0.2, -0.15) is 0 Å². The van der Waals surface area contributed by atoms with E-state index in [1.807, 2.05) is 0 Å². The van der Waals surface area contributed by atoms with Crippen LogP contribution in [-0.2, 0) is 4.79 Å². The maximum absolute atomic E-state index is 9.85. The zero-order valence-electron chi connectivity index (χ0n) is 4.98. The van der Waals surface area contributed by atoms with Gasteiger partial charge in [-0.15, -0.1) is 0 Å². The van der Waals surface area contributed by atoms with E-state index < -0.39 is 5.97 Å². The molecule has 56 valence electrons. The van der Waals surface area contributed by atoms with Gasteiger partial charge in [0.05, 0.1) is 0 Å². The molecule has 0 aliphatic heterocycles. The number of carboxylic acids is 1. The fraction of sp³-hybridized carbons (Fsp3) is 0.200. The first-order valence-corrected chi connectivity index (χ1v) is 3.77. The van der Waals surface area contributed by atoms with Crippen molar-refractivity contribution < 1.29 is 15.0 Å². The van der Waals surface area contributed by atoms with Crippen molar-refractivity contribution in [2.24, 2.45) is 0 Å². The first kappa shape index (κ1) is 9.45. The Balaban J connectivity index is 3.36. The average molecular weight is 178 g/mol. The summed E-state index contributed by atoms with van der Waals surface area (Å²) in [4.78, 5) is 9.85. The molecule has 3 nitrogen and oxygen atoms in total. The minimum Gasteiger partial charge on any atom is -0.494 e. The normalized spacial score (nSPS) is 10.0. The number of carbonyl (C=O) groups is 1. The van der Waals surface area contributed by atoms with Crippen molar-refractivity contribution in [3.8, 4) is 0 Å². The maximum Gasteiger partial charge on any atom is 0.328 e. The standard InChI is InChI=1S/C5H6O3S2/c6-4(7)2-1-3-10-5(8)9/h1-2H,3H2,(H,6,7)(H,8,9). The van der Waals surface area contributed by atoms with Gasteiger partial charge < -0.3 is 10.2 Å². The highest BCUT2D eigenvalue weighted by atomic mass is 32.2. The first-order valence-electron chi connectivity index (χ1n) is 2.38. The van der Waals surface area contributed by atoms with E-state index in [2.05, 4.69) is 12.2 Å². The summed E-state index contributed by atoms with van der Waals surface area (Å²) in [5, 5.41) is 16.5. The highest BCUT2D eigenvalue weighted by molar-refractivity contribution is 8.22. The van der Waals surface area contributed by atoms with Crippen molar-refractivity contribution in [2.45, 2.75) is 0 Å². The molecule has 0 aromatic heterocycles. The summed E-state index contributed by atoms with van der Waals surface area (Å²) in [5.41, 5.74) is 0. The predicted octanol–water partition coefficient (Wildman–Crippen LogP) is 1.20. The highest BCUT2D eigenvalue weighted by Gasteiger charge is 1.89. The largest absolute Gasteiger partial charge is 0.494 e. The quantitative estimate of drug-likeness (QED) is 0.502. The van der Waals surface area contributed by atoms with Gasteiger partial charge in [-0.05, 0) is 12.2 Å². The number of aliphatic carboxylic acids is 1.